The molecule has 1 fully saturated rings. The molecule has 0 spiro atoms. The molecular formula is C17H22O. The Morgan fingerprint density at radius 2 is 1.72 bits per heavy atom. The highest BCUT2D eigenvalue weighted by molar-refractivity contribution is 5.37. The molecule has 2 atom stereocenters. The second-order valence-corrected chi connectivity index (χ2v) is 6.59. The lowest BCUT2D eigenvalue weighted by molar-refractivity contribution is -0.0310. The zero-order valence-corrected chi connectivity index (χ0v) is 11.9. The Morgan fingerprint density at radius 1 is 1.11 bits per heavy atom. The molecule has 1 nitrogen and oxygen atoms in total. The maximum Gasteiger partial charge on any atom is 0.0789 e. The van der Waals surface area contributed by atoms with Crippen LogP contribution in [0.25, 0.3) is 0 Å². The van der Waals surface area contributed by atoms with Crippen molar-refractivity contribution < 1.29 is 4.74 Å². The largest absolute Gasteiger partial charge is 0.371 e. The topological polar surface area (TPSA) is 9.23 Å². The van der Waals surface area contributed by atoms with Gasteiger partial charge in [0.15, 0.2) is 0 Å². The van der Waals surface area contributed by atoms with Gasteiger partial charge in [-0.25, -0.2) is 0 Å². The van der Waals surface area contributed by atoms with E-state index in [1.807, 2.05) is 30.3 Å². The van der Waals surface area contributed by atoms with E-state index in [2.05, 4.69) is 46.5 Å². The van der Waals surface area contributed by atoms with Gasteiger partial charge in [-0.1, -0.05) is 43.9 Å². The van der Waals surface area contributed by atoms with Gasteiger partial charge in [0.25, 0.3) is 0 Å². The molecule has 0 amide bonds. The van der Waals surface area contributed by atoms with Crippen LogP contribution in [0.4, 0.5) is 0 Å². The van der Waals surface area contributed by atoms with Crippen LogP contribution in [0.1, 0.15) is 40.2 Å². The average molecular weight is 242 g/mol. The number of hydrogen-bond donors (Lipinski definition) is 0. The summed E-state index contributed by atoms with van der Waals surface area (Å²) in [6, 6.07) is 10.1. The minimum atomic E-state index is -0.0921. The SMILES string of the molecule is CC(C)(C)O[C@@H]1[C@H](C#Cc2ccccc2)C1(C)C. The van der Waals surface area contributed by atoms with Gasteiger partial charge >= 0.3 is 0 Å². The molecule has 1 aliphatic rings. The fraction of sp³-hybridized carbons (Fsp3) is 0.529. The summed E-state index contributed by atoms with van der Waals surface area (Å²) in [6.45, 7) is 10.8. The molecule has 2 rings (SSSR count). The minimum absolute atomic E-state index is 0.0921. The standard InChI is InChI=1S/C17H22O/c1-16(2,3)18-15-14(17(15,4)5)12-11-13-9-7-6-8-10-13/h6-10,14-15H,1-5H3/t14-,15+/m0/s1. The van der Waals surface area contributed by atoms with E-state index in [1.54, 1.807) is 0 Å². The van der Waals surface area contributed by atoms with Gasteiger partial charge in [-0.3, -0.25) is 0 Å². The number of rotatable bonds is 1. The maximum absolute atomic E-state index is 6.06. The lowest BCUT2D eigenvalue weighted by Gasteiger charge is -2.20. The van der Waals surface area contributed by atoms with Crippen molar-refractivity contribution in [3.8, 4) is 11.8 Å². The van der Waals surface area contributed by atoms with Crippen molar-refractivity contribution in [2.45, 2.75) is 46.3 Å². The fourth-order valence-electron chi connectivity index (χ4n) is 2.14. The molecule has 1 saturated carbocycles. The van der Waals surface area contributed by atoms with Crippen LogP contribution >= 0.6 is 0 Å². The van der Waals surface area contributed by atoms with Gasteiger partial charge in [-0.05, 0) is 32.9 Å². The summed E-state index contributed by atoms with van der Waals surface area (Å²) >= 11 is 0. The predicted octanol–water partition coefficient (Wildman–Crippen LogP) is 3.88. The first-order valence-electron chi connectivity index (χ1n) is 6.55. The van der Waals surface area contributed by atoms with Crippen LogP contribution in [-0.4, -0.2) is 11.7 Å². The molecule has 1 aromatic carbocycles. The summed E-state index contributed by atoms with van der Waals surface area (Å²) in [6.07, 6.45) is 0.258. The fourth-order valence-corrected chi connectivity index (χ4v) is 2.14. The van der Waals surface area contributed by atoms with Gasteiger partial charge in [0, 0.05) is 11.0 Å². The van der Waals surface area contributed by atoms with Crippen LogP contribution in [0.15, 0.2) is 30.3 Å². The monoisotopic (exact) mass is 242 g/mol. The zero-order chi connectivity index (χ0) is 13.4. The van der Waals surface area contributed by atoms with E-state index in [0.29, 0.717) is 5.92 Å². The number of ether oxygens (including phenoxy) is 1. The third kappa shape index (κ3) is 2.94. The summed E-state index contributed by atoms with van der Waals surface area (Å²) in [4.78, 5) is 0. The third-order valence-electron chi connectivity index (χ3n) is 3.35. The lowest BCUT2D eigenvalue weighted by atomic mass is 10.1. The van der Waals surface area contributed by atoms with Crippen molar-refractivity contribution in [1.82, 2.24) is 0 Å². The van der Waals surface area contributed by atoms with Crippen LogP contribution in [0.3, 0.4) is 0 Å². The second kappa shape index (κ2) is 4.44. The highest BCUT2D eigenvalue weighted by Crippen LogP contribution is 2.55. The minimum Gasteiger partial charge on any atom is -0.371 e. The molecule has 1 aromatic rings. The van der Waals surface area contributed by atoms with Crippen molar-refractivity contribution in [1.29, 1.82) is 0 Å². The highest BCUT2D eigenvalue weighted by atomic mass is 16.5. The van der Waals surface area contributed by atoms with Crippen molar-refractivity contribution in [2.75, 3.05) is 0 Å². The molecule has 0 heterocycles. The summed E-state index contributed by atoms with van der Waals surface area (Å²) < 4.78 is 6.06. The Kier molecular flexibility index (Phi) is 3.25. The van der Waals surface area contributed by atoms with Gasteiger partial charge in [0.05, 0.1) is 17.6 Å². The van der Waals surface area contributed by atoms with E-state index in [1.165, 1.54) is 0 Å². The first-order valence-corrected chi connectivity index (χ1v) is 6.55. The van der Waals surface area contributed by atoms with Crippen LogP contribution in [0.5, 0.6) is 0 Å². The predicted molar refractivity (Wildman–Crippen MR) is 75.2 cm³/mol. The Hall–Kier alpha value is -1.26. The highest BCUT2D eigenvalue weighted by Gasteiger charge is 2.59. The molecule has 0 N–H and O–H groups in total. The summed E-state index contributed by atoms with van der Waals surface area (Å²) in [5.74, 6) is 6.95. The van der Waals surface area contributed by atoms with Crippen molar-refractivity contribution in [3.05, 3.63) is 35.9 Å². The number of hydrogen-bond acceptors (Lipinski definition) is 1. The molecule has 18 heavy (non-hydrogen) atoms. The Morgan fingerprint density at radius 3 is 2.28 bits per heavy atom. The molecule has 0 radical (unpaired) electrons. The van der Waals surface area contributed by atoms with E-state index in [9.17, 15) is 0 Å². The van der Waals surface area contributed by atoms with Crippen molar-refractivity contribution in [3.63, 3.8) is 0 Å². The molecule has 0 saturated heterocycles. The summed E-state index contributed by atoms with van der Waals surface area (Å²) in [7, 11) is 0. The Bertz CT molecular complexity index is 468. The van der Waals surface area contributed by atoms with Gasteiger partial charge < -0.3 is 4.74 Å². The third-order valence-corrected chi connectivity index (χ3v) is 3.35. The summed E-state index contributed by atoms with van der Waals surface area (Å²) in [5.41, 5.74) is 1.16. The molecule has 0 aromatic heterocycles. The second-order valence-electron chi connectivity index (χ2n) is 6.59. The van der Waals surface area contributed by atoms with E-state index >= 15 is 0 Å². The molecule has 0 unspecified atom stereocenters. The molecule has 0 bridgehead atoms. The first kappa shape index (κ1) is 13.2. The molecule has 96 valence electrons. The van der Waals surface area contributed by atoms with Crippen molar-refractivity contribution >= 4 is 0 Å². The van der Waals surface area contributed by atoms with Gasteiger partial charge in [0.1, 0.15) is 0 Å². The van der Waals surface area contributed by atoms with Crippen LogP contribution in [-0.2, 0) is 4.74 Å². The zero-order valence-electron chi connectivity index (χ0n) is 11.9. The molecule has 0 aliphatic heterocycles. The van der Waals surface area contributed by atoms with E-state index in [0.717, 1.165) is 5.56 Å². The van der Waals surface area contributed by atoms with Crippen molar-refractivity contribution in [2.24, 2.45) is 11.3 Å². The molecule has 1 heteroatoms. The number of benzene rings is 1. The van der Waals surface area contributed by atoms with Gasteiger partial charge in [-0.2, -0.15) is 0 Å². The summed E-state index contributed by atoms with van der Waals surface area (Å²) in [5, 5.41) is 0. The molecular weight excluding hydrogens is 220 g/mol. The van der Waals surface area contributed by atoms with Crippen LogP contribution < -0.4 is 0 Å². The van der Waals surface area contributed by atoms with Crippen LogP contribution in [0.2, 0.25) is 0 Å². The maximum atomic E-state index is 6.06. The first-order chi connectivity index (χ1) is 8.31. The van der Waals surface area contributed by atoms with Gasteiger partial charge in [-0.15, -0.1) is 0 Å². The Balaban J connectivity index is 2.06. The normalized spacial score (nSPS) is 25.2. The smallest absolute Gasteiger partial charge is 0.0789 e. The quantitative estimate of drug-likeness (QED) is 0.679. The van der Waals surface area contributed by atoms with E-state index in [4.69, 9.17) is 4.74 Å². The molecule has 1 aliphatic carbocycles. The average Bonchev–Trinajstić information content (AvgIpc) is 2.76. The van der Waals surface area contributed by atoms with E-state index in [-0.39, 0.29) is 17.1 Å². The Labute approximate surface area is 111 Å². The van der Waals surface area contributed by atoms with Gasteiger partial charge in [0.2, 0.25) is 0 Å². The van der Waals surface area contributed by atoms with E-state index < -0.39 is 0 Å². The van der Waals surface area contributed by atoms with Crippen LogP contribution in [0, 0.1) is 23.2 Å². The lowest BCUT2D eigenvalue weighted by Crippen LogP contribution is -2.22.